The molecule has 1 aromatic rings. The molecule has 1 fully saturated rings. The van der Waals surface area contributed by atoms with E-state index in [-0.39, 0.29) is 5.91 Å². The fourth-order valence-electron chi connectivity index (χ4n) is 2.74. The molecule has 100 valence electrons. The van der Waals surface area contributed by atoms with Crippen LogP contribution in [-0.4, -0.2) is 23.4 Å². The van der Waals surface area contributed by atoms with Crippen molar-refractivity contribution >= 4 is 17.2 Å². The fourth-order valence-corrected chi connectivity index (χ4v) is 3.95. The minimum atomic E-state index is 0.150. The highest BCUT2D eigenvalue weighted by Gasteiger charge is 2.33. The Bertz CT molecular complexity index is 501. The van der Waals surface area contributed by atoms with Crippen LogP contribution in [0.4, 0.5) is 0 Å². The van der Waals surface area contributed by atoms with Crippen LogP contribution < -0.4 is 0 Å². The highest BCUT2D eigenvalue weighted by atomic mass is 32.1. The summed E-state index contributed by atoms with van der Waals surface area (Å²) in [6, 6.07) is 4.63. The average molecular weight is 274 g/mol. The van der Waals surface area contributed by atoms with Gasteiger partial charge in [0.05, 0.1) is 17.4 Å². The lowest BCUT2D eigenvalue weighted by atomic mass is 9.99. The minimum Gasteiger partial charge on any atom is -0.334 e. The van der Waals surface area contributed by atoms with E-state index in [0.717, 1.165) is 30.6 Å². The number of nitrogens with zero attached hydrogens (tertiary/aromatic N) is 2. The molecule has 2 aliphatic rings. The van der Waals surface area contributed by atoms with Gasteiger partial charge in [-0.1, -0.05) is 0 Å². The maximum Gasteiger partial charge on any atom is 0.264 e. The third-order valence-electron chi connectivity index (χ3n) is 3.92. The van der Waals surface area contributed by atoms with Gasteiger partial charge in [0.1, 0.15) is 0 Å². The van der Waals surface area contributed by atoms with Gasteiger partial charge in [-0.2, -0.15) is 5.26 Å². The number of nitriles is 1. The summed E-state index contributed by atoms with van der Waals surface area (Å²) in [5.41, 5.74) is 1.38. The summed E-state index contributed by atoms with van der Waals surface area (Å²) < 4.78 is 0. The number of carbonyl (C=O) groups is 1. The lowest BCUT2D eigenvalue weighted by molar-refractivity contribution is 0.0751. The molecule has 0 atom stereocenters. The summed E-state index contributed by atoms with van der Waals surface area (Å²) in [6.07, 6.45) is 7.40. The number of hydrogen-bond acceptors (Lipinski definition) is 3. The second-order valence-electron chi connectivity index (χ2n) is 5.40. The van der Waals surface area contributed by atoms with Gasteiger partial charge in [0.25, 0.3) is 5.91 Å². The molecule has 19 heavy (non-hydrogen) atoms. The highest BCUT2D eigenvalue weighted by Crippen LogP contribution is 2.33. The molecule has 0 aliphatic heterocycles. The molecule has 3 rings (SSSR count). The van der Waals surface area contributed by atoms with Crippen LogP contribution in [0.15, 0.2) is 6.07 Å². The summed E-state index contributed by atoms with van der Waals surface area (Å²) >= 11 is 1.68. The monoisotopic (exact) mass is 274 g/mol. The normalized spacial score (nSPS) is 17.6. The molecule has 4 heteroatoms. The van der Waals surface area contributed by atoms with Crippen LogP contribution in [0.3, 0.4) is 0 Å². The molecular weight excluding hydrogens is 256 g/mol. The molecule has 0 aromatic carbocycles. The van der Waals surface area contributed by atoms with E-state index in [9.17, 15) is 4.79 Å². The number of hydrogen-bond donors (Lipinski definition) is 0. The van der Waals surface area contributed by atoms with Crippen molar-refractivity contribution in [1.82, 2.24) is 4.90 Å². The number of aryl methyl sites for hydroxylation is 2. The number of fused-ring (bicyclic) bond motifs is 1. The van der Waals surface area contributed by atoms with Crippen molar-refractivity contribution in [3.05, 3.63) is 21.4 Å². The van der Waals surface area contributed by atoms with Crippen molar-refractivity contribution < 1.29 is 4.79 Å². The molecule has 3 nitrogen and oxygen atoms in total. The van der Waals surface area contributed by atoms with E-state index < -0.39 is 0 Å². The van der Waals surface area contributed by atoms with E-state index >= 15 is 0 Å². The van der Waals surface area contributed by atoms with E-state index in [1.165, 1.54) is 23.3 Å². The molecule has 0 bridgehead atoms. The minimum absolute atomic E-state index is 0.150. The van der Waals surface area contributed by atoms with E-state index in [2.05, 4.69) is 12.1 Å². The predicted molar refractivity (Wildman–Crippen MR) is 75.2 cm³/mol. The zero-order chi connectivity index (χ0) is 13.2. The highest BCUT2D eigenvalue weighted by molar-refractivity contribution is 7.14. The predicted octanol–water partition coefficient (Wildman–Crippen LogP) is 3.15. The Hall–Kier alpha value is -1.34. The van der Waals surface area contributed by atoms with Crippen molar-refractivity contribution in [1.29, 1.82) is 5.26 Å². The zero-order valence-corrected chi connectivity index (χ0v) is 11.8. The standard InChI is InChI=1S/C15H18N2OS/c16-8-3-9-17(12-6-7-12)15(18)14-10-11-4-1-2-5-13(11)19-14/h10,12H,1-7,9H2. The van der Waals surface area contributed by atoms with Crippen LogP contribution in [0.2, 0.25) is 0 Å². The third kappa shape index (κ3) is 2.66. The Balaban J connectivity index is 1.77. The first-order chi connectivity index (χ1) is 9.29. The van der Waals surface area contributed by atoms with Gasteiger partial charge in [-0.25, -0.2) is 0 Å². The quantitative estimate of drug-likeness (QED) is 0.846. The zero-order valence-electron chi connectivity index (χ0n) is 11.0. The van der Waals surface area contributed by atoms with Gasteiger partial charge < -0.3 is 4.90 Å². The first-order valence-corrected chi connectivity index (χ1v) is 7.91. The summed E-state index contributed by atoms with van der Waals surface area (Å²) in [6.45, 7) is 0.586. The summed E-state index contributed by atoms with van der Waals surface area (Å²) in [5, 5.41) is 8.72. The van der Waals surface area contributed by atoms with Gasteiger partial charge in [-0.05, 0) is 50.2 Å². The first kappa shape index (κ1) is 12.7. The summed E-state index contributed by atoms with van der Waals surface area (Å²) in [4.78, 5) is 16.8. The Morgan fingerprint density at radius 2 is 2.21 bits per heavy atom. The van der Waals surface area contributed by atoms with Gasteiger partial charge in [0.2, 0.25) is 0 Å². The Kier molecular flexibility index (Phi) is 3.56. The van der Waals surface area contributed by atoms with Crippen LogP contribution in [0, 0.1) is 11.3 Å². The third-order valence-corrected chi connectivity index (χ3v) is 5.15. The maximum atomic E-state index is 12.6. The lowest BCUT2D eigenvalue weighted by Gasteiger charge is -2.20. The number of carbonyl (C=O) groups excluding carboxylic acids is 1. The lowest BCUT2D eigenvalue weighted by Crippen LogP contribution is -2.33. The molecular formula is C15H18N2OS. The van der Waals surface area contributed by atoms with Crippen LogP contribution in [-0.2, 0) is 12.8 Å². The molecule has 0 unspecified atom stereocenters. The van der Waals surface area contributed by atoms with E-state index in [0.29, 0.717) is 19.0 Å². The van der Waals surface area contributed by atoms with E-state index in [4.69, 9.17) is 5.26 Å². The van der Waals surface area contributed by atoms with Gasteiger partial charge in [0, 0.05) is 17.5 Å². The van der Waals surface area contributed by atoms with Crippen LogP contribution in [0.25, 0.3) is 0 Å². The molecule has 1 aromatic heterocycles. The van der Waals surface area contributed by atoms with Gasteiger partial charge >= 0.3 is 0 Å². The molecule has 0 saturated heterocycles. The second-order valence-corrected chi connectivity index (χ2v) is 6.54. The molecule has 0 radical (unpaired) electrons. The van der Waals surface area contributed by atoms with Gasteiger partial charge in [-0.3, -0.25) is 4.79 Å². The van der Waals surface area contributed by atoms with Crippen LogP contribution >= 0.6 is 11.3 Å². The van der Waals surface area contributed by atoms with Crippen LogP contribution in [0.5, 0.6) is 0 Å². The number of rotatable bonds is 4. The summed E-state index contributed by atoms with van der Waals surface area (Å²) in [7, 11) is 0. The molecule has 1 heterocycles. The topological polar surface area (TPSA) is 44.1 Å². The fraction of sp³-hybridized carbons (Fsp3) is 0.600. The Morgan fingerprint density at radius 1 is 1.42 bits per heavy atom. The molecule has 2 aliphatic carbocycles. The van der Waals surface area contributed by atoms with Crippen molar-refractivity contribution in [3.8, 4) is 6.07 Å². The Morgan fingerprint density at radius 3 is 2.89 bits per heavy atom. The van der Waals surface area contributed by atoms with Crippen molar-refractivity contribution in [2.75, 3.05) is 6.54 Å². The largest absolute Gasteiger partial charge is 0.334 e. The van der Waals surface area contributed by atoms with Gasteiger partial charge in [-0.15, -0.1) is 11.3 Å². The summed E-state index contributed by atoms with van der Waals surface area (Å²) in [5.74, 6) is 0.150. The molecule has 1 amide bonds. The van der Waals surface area contributed by atoms with Crippen molar-refractivity contribution in [3.63, 3.8) is 0 Å². The van der Waals surface area contributed by atoms with E-state index in [1.54, 1.807) is 11.3 Å². The van der Waals surface area contributed by atoms with Crippen LogP contribution in [0.1, 0.15) is 52.2 Å². The number of amides is 1. The maximum absolute atomic E-state index is 12.6. The van der Waals surface area contributed by atoms with Crippen molar-refractivity contribution in [2.45, 2.75) is 51.0 Å². The second kappa shape index (κ2) is 5.34. The molecule has 0 spiro atoms. The van der Waals surface area contributed by atoms with E-state index in [1.807, 2.05) is 4.90 Å². The average Bonchev–Trinajstić information content (AvgIpc) is 3.17. The first-order valence-electron chi connectivity index (χ1n) is 7.09. The molecule has 0 N–H and O–H groups in total. The van der Waals surface area contributed by atoms with Gasteiger partial charge in [0.15, 0.2) is 0 Å². The Labute approximate surface area is 117 Å². The molecule has 1 saturated carbocycles. The SMILES string of the molecule is N#CCCN(C(=O)c1cc2c(s1)CCCC2)C1CC1. The smallest absolute Gasteiger partial charge is 0.264 e. The number of thiophene rings is 1. The van der Waals surface area contributed by atoms with Crippen molar-refractivity contribution in [2.24, 2.45) is 0 Å².